The molecule has 6 heteroatoms. The van der Waals surface area contributed by atoms with Crippen molar-refractivity contribution in [3.8, 4) is 0 Å². The largest absolute Gasteiger partial charge is 0.342 e. The molecule has 1 fully saturated rings. The van der Waals surface area contributed by atoms with Crippen LogP contribution in [-0.2, 0) is 0 Å². The Morgan fingerprint density at radius 1 is 0.931 bits per heavy atom. The number of rotatable bonds is 2. The Labute approximate surface area is 169 Å². The molecule has 1 N–H and O–H groups in total. The van der Waals surface area contributed by atoms with Crippen LogP contribution in [0.25, 0.3) is 22.1 Å². The predicted molar refractivity (Wildman–Crippen MR) is 113 cm³/mol. The van der Waals surface area contributed by atoms with E-state index >= 15 is 0 Å². The fourth-order valence-corrected chi connectivity index (χ4v) is 4.07. The second-order valence-corrected chi connectivity index (χ2v) is 7.80. The summed E-state index contributed by atoms with van der Waals surface area (Å²) >= 11 is 0. The summed E-state index contributed by atoms with van der Waals surface area (Å²) in [6, 6.07) is 13.7. The van der Waals surface area contributed by atoms with Crippen molar-refractivity contribution in [3.05, 3.63) is 65.2 Å². The third-order valence-electron chi connectivity index (χ3n) is 5.90. The molecule has 0 radical (unpaired) electrons. The van der Waals surface area contributed by atoms with Gasteiger partial charge in [-0.1, -0.05) is 12.1 Å². The van der Waals surface area contributed by atoms with Gasteiger partial charge >= 0.3 is 0 Å². The van der Waals surface area contributed by atoms with Crippen LogP contribution in [-0.4, -0.2) is 43.8 Å². The molecule has 0 saturated carbocycles. The van der Waals surface area contributed by atoms with Crippen LogP contribution in [0.5, 0.6) is 0 Å². The number of hydrogen-bond donors (Lipinski definition) is 1. The van der Waals surface area contributed by atoms with Crippen LogP contribution >= 0.6 is 0 Å². The predicted octanol–water partition coefficient (Wildman–Crippen LogP) is 4.14. The number of benzene rings is 2. The molecule has 146 valence electrons. The number of aromatic nitrogens is 4. The molecular weight excluding hydrogens is 362 g/mol. The standard InChI is InChI=1S/C23H23N5O/c1-14-15(2)25-21-13-17(7-8-20(21)24-14)23(29)28-11-9-16(10-12-28)22-26-18-5-3-4-6-19(18)27-22/h3-8,13,16H,9-12H2,1-2H3,(H,26,27). The van der Waals surface area contributed by atoms with Gasteiger partial charge in [-0.05, 0) is 57.0 Å². The third kappa shape index (κ3) is 3.24. The van der Waals surface area contributed by atoms with Gasteiger partial charge in [0.25, 0.3) is 5.91 Å². The summed E-state index contributed by atoms with van der Waals surface area (Å²) in [5.74, 6) is 1.46. The summed E-state index contributed by atoms with van der Waals surface area (Å²) in [5.41, 5.74) is 6.17. The highest BCUT2D eigenvalue weighted by atomic mass is 16.2. The van der Waals surface area contributed by atoms with Crippen LogP contribution in [0, 0.1) is 13.8 Å². The minimum atomic E-state index is 0.0648. The zero-order valence-corrected chi connectivity index (χ0v) is 16.6. The Morgan fingerprint density at radius 3 is 2.41 bits per heavy atom. The summed E-state index contributed by atoms with van der Waals surface area (Å²) in [6.45, 7) is 5.36. The van der Waals surface area contributed by atoms with E-state index in [0.29, 0.717) is 11.5 Å². The molecule has 29 heavy (non-hydrogen) atoms. The van der Waals surface area contributed by atoms with Crippen molar-refractivity contribution in [2.75, 3.05) is 13.1 Å². The number of carbonyl (C=O) groups excluding carboxylic acids is 1. The zero-order valence-electron chi connectivity index (χ0n) is 16.6. The van der Waals surface area contributed by atoms with E-state index in [1.165, 1.54) is 0 Å². The molecule has 1 aliphatic heterocycles. The van der Waals surface area contributed by atoms with Crippen LogP contribution in [0.15, 0.2) is 42.5 Å². The highest BCUT2D eigenvalue weighted by Gasteiger charge is 2.26. The number of fused-ring (bicyclic) bond motifs is 2. The van der Waals surface area contributed by atoms with E-state index in [1.807, 2.05) is 55.1 Å². The van der Waals surface area contributed by atoms with E-state index in [1.54, 1.807) is 0 Å². The fourth-order valence-electron chi connectivity index (χ4n) is 4.07. The molecule has 2 aromatic carbocycles. The molecule has 0 aliphatic carbocycles. The molecule has 0 unspecified atom stereocenters. The number of imidazole rings is 1. The number of piperidine rings is 1. The molecule has 1 saturated heterocycles. The number of para-hydroxylation sites is 2. The van der Waals surface area contributed by atoms with E-state index in [9.17, 15) is 4.79 Å². The van der Waals surface area contributed by atoms with Crippen molar-refractivity contribution in [2.45, 2.75) is 32.6 Å². The average molecular weight is 385 g/mol. The van der Waals surface area contributed by atoms with Gasteiger partial charge in [0.2, 0.25) is 0 Å². The van der Waals surface area contributed by atoms with Crippen molar-refractivity contribution in [1.29, 1.82) is 0 Å². The second-order valence-electron chi connectivity index (χ2n) is 7.80. The maximum absolute atomic E-state index is 13.0. The number of hydrogen-bond acceptors (Lipinski definition) is 4. The Hall–Kier alpha value is -3.28. The molecule has 5 rings (SSSR count). The van der Waals surface area contributed by atoms with Crippen LogP contribution in [0.3, 0.4) is 0 Å². The molecule has 1 amide bonds. The lowest BCUT2D eigenvalue weighted by molar-refractivity contribution is 0.0711. The summed E-state index contributed by atoms with van der Waals surface area (Å²) in [5, 5.41) is 0. The summed E-state index contributed by atoms with van der Waals surface area (Å²) in [6.07, 6.45) is 1.83. The monoisotopic (exact) mass is 385 g/mol. The van der Waals surface area contributed by atoms with E-state index in [0.717, 1.165) is 65.2 Å². The van der Waals surface area contributed by atoms with E-state index in [4.69, 9.17) is 4.98 Å². The molecule has 1 aliphatic rings. The van der Waals surface area contributed by atoms with Crippen molar-refractivity contribution < 1.29 is 4.79 Å². The number of aryl methyl sites for hydroxylation is 2. The molecule has 0 atom stereocenters. The quantitative estimate of drug-likeness (QED) is 0.563. The summed E-state index contributed by atoms with van der Waals surface area (Å²) in [7, 11) is 0. The first-order valence-electron chi connectivity index (χ1n) is 10.1. The SMILES string of the molecule is Cc1nc2ccc(C(=O)N3CCC(c4nc5ccccc5[nH]4)CC3)cc2nc1C. The van der Waals surface area contributed by atoms with Gasteiger partial charge in [-0.3, -0.25) is 4.79 Å². The van der Waals surface area contributed by atoms with Gasteiger partial charge in [-0.15, -0.1) is 0 Å². The molecule has 2 aromatic heterocycles. The second kappa shape index (κ2) is 6.95. The van der Waals surface area contributed by atoms with Gasteiger partial charge in [0, 0.05) is 24.6 Å². The minimum absolute atomic E-state index is 0.0648. The first kappa shape index (κ1) is 17.8. The lowest BCUT2D eigenvalue weighted by Crippen LogP contribution is -2.38. The lowest BCUT2D eigenvalue weighted by Gasteiger charge is -2.31. The number of aromatic amines is 1. The van der Waals surface area contributed by atoms with Crippen LogP contribution < -0.4 is 0 Å². The Kier molecular flexibility index (Phi) is 4.27. The van der Waals surface area contributed by atoms with E-state index in [-0.39, 0.29) is 5.91 Å². The van der Waals surface area contributed by atoms with Gasteiger partial charge in [-0.2, -0.15) is 0 Å². The number of H-pyrrole nitrogens is 1. The zero-order chi connectivity index (χ0) is 20.0. The fraction of sp³-hybridized carbons (Fsp3) is 0.304. The number of nitrogens with one attached hydrogen (secondary N) is 1. The first-order chi connectivity index (χ1) is 14.1. The lowest BCUT2D eigenvalue weighted by atomic mass is 9.95. The maximum atomic E-state index is 13.0. The van der Waals surface area contributed by atoms with Gasteiger partial charge in [0.1, 0.15) is 5.82 Å². The number of nitrogens with zero attached hydrogens (tertiary/aromatic N) is 4. The van der Waals surface area contributed by atoms with E-state index < -0.39 is 0 Å². The van der Waals surface area contributed by atoms with Crippen LogP contribution in [0.1, 0.15) is 46.3 Å². The van der Waals surface area contributed by atoms with Crippen LogP contribution in [0.4, 0.5) is 0 Å². The Morgan fingerprint density at radius 2 is 1.66 bits per heavy atom. The van der Waals surface area contributed by atoms with Gasteiger partial charge in [0.15, 0.2) is 0 Å². The minimum Gasteiger partial charge on any atom is -0.342 e. The summed E-state index contributed by atoms with van der Waals surface area (Å²) in [4.78, 5) is 32.3. The van der Waals surface area contributed by atoms with Crippen molar-refractivity contribution in [2.24, 2.45) is 0 Å². The average Bonchev–Trinajstić information content (AvgIpc) is 3.18. The molecule has 4 aromatic rings. The summed E-state index contributed by atoms with van der Waals surface area (Å²) < 4.78 is 0. The number of likely N-dealkylation sites (tertiary alicyclic amines) is 1. The van der Waals surface area contributed by atoms with E-state index in [2.05, 4.69) is 21.0 Å². The van der Waals surface area contributed by atoms with Gasteiger partial charge in [0.05, 0.1) is 33.5 Å². The van der Waals surface area contributed by atoms with Crippen LogP contribution in [0.2, 0.25) is 0 Å². The molecule has 0 spiro atoms. The maximum Gasteiger partial charge on any atom is 0.253 e. The molecule has 0 bridgehead atoms. The number of amides is 1. The third-order valence-corrected chi connectivity index (χ3v) is 5.90. The van der Waals surface area contributed by atoms with Gasteiger partial charge < -0.3 is 9.88 Å². The highest BCUT2D eigenvalue weighted by Crippen LogP contribution is 2.28. The molecule has 3 heterocycles. The Bertz CT molecular complexity index is 1190. The Balaban J connectivity index is 1.32. The van der Waals surface area contributed by atoms with Gasteiger partial charge in [-0.25, -0.2) is 15.0 Å². The molecular formula is C23H23N5O. The van der Waals surface area contributed by atoms with Crippen molar-refractivity contribution >= 4 is 28.0 Å². The highest BCUT2D eigenvalue weighted by molar-refractivity contribution is 5.97. The number of carbonyl (C=O) groups is 1. The topological polar surface area (TPSA) is 74.8 Å². The molecule has 6 nitrogen and oxygen atoms in total. The first-order valence-corrected chi connectivity index (χ1v) is 10.1. The normalized spacial score (nSPS) is 15.3. The smallest absolute Gasteiger partial charge is 0.253 e. The van der Waals surface area contributed by atoms with Crippen molar-refractivity contribution in [3.63, 3.8) is 0 Å². The van der Waals surface area contributed by atoms with Crippen molar-refractivity contribution in [1.82, 2.24) is 24.8 Å².